The van der Waals surface area contributed by atoms with Crippen LogP contribution in [0.4, 0.5) is 17.1 Å². The van der Waals surface area contributed by atoms with Crippen LogP contribution >= 0.6 is 45.8 Å². The first kappa shape index (κ1) is 30.6. The molecule has 2 aliphatic carbocycles. The minimum Gasteiger partial charge on any atom is -0.398 e. The lowest BCUT2D eigenvalue weighted by Gasteiger charge is -2.11. The van der Waals surface area contributed by atoms with Crippen molar-refractivity contribution in [2.45, 2.75) is 0 Å². The second-order valence-electron chi connectivity index (χ2n) is 10.3. The number of rotatable bonds is 2. The molecule has 6 aromatic rings. The molecule has 0 saturated heterocycles. The molecule has 220 valence electrons. The standard InChI is InChI=1S/C19H12ClNO.C13H7IO.C6H6ClN/c20-15-9-3-4-10-16(15)21-17-11-5-8-13-12-6-1-2-7-14(12)19(22)18(13)17;14-11-7-3-6-9-8-4-1-2-5-10(8)13(15)12(9)11;7-5-3-1-2-4-6(5)8/h1-11,21H;1-7H;1-4H,8H2. The maximum atomic E-state index is 12.7. The van der Waals surface area contributed by atoms with E-state index < -0.39 is 0 Å². The number of halogens is 3. The molecule has 0 heterocycles. The molecule has 0 spiro atoms. The molecule has 0 saturated carbocycles. The average molecular weight is 739 g/mol. The number of hydrogen-bond acceptors (Lipinski definition) is 4. The lowest BCUT2D eigenvalue weighted by molar-refractivity contribution is 0.103. The second-order valence-corrected chi connectivity index (χ2v) is 12.2. The maximum absolute atomic E-state index is 12.7. The number of anilines is 3. The monoisotopic (exact) mass is 738 g/mol. The van der Waals surface area contributed by atoms with E-state index in [-0.39, 0.29) is 11.6 Å². The summed E-state index contributed by atoms with van der Waals surface area (Å²) in [5.74, 6) is 0.214. The molecule has 0 amide bonds. The summed E-state index contributed by atoms with van der Waals surface area (Å²) in [5.41, 5.74) is 14.9. The van der Waals surface area contributed by atoms with Crippen LogP contribution in [0.1, 0.15) is 31.8 Å². The molecule has 0 bridgehead atoms. The van der Waals surface area contributed by atoms with Crippen LogP contribution < -0.4 is 11.1 Å². The quantitative estimate of drug-likeness (QED) is 0.137. The fraction of sp³-hybridized carbons (Fsp3) is 0. The van der Waals surface area contributed by atoms with Crippen LogP contribution in [0.15, 0.2) is 133 Å². The SMILES string of the molecule is Nc1ccccc1Cl.O=C1c2ccccc2-c2cccc(I)c21.O=C1c2ccccc2-c2cccc(Nc3ccccc3Cl)c21. The normalized spacial score (nSPS) is 11.6. The molecule has 0 atom stereocenters. The third-order valence-electron chi connectivity index (χ3n) is 7.50. The molecule has 0 aliphatic heterocycles. The van der Waals surface area contributed by atoms with E-state index in [2.05, 4.69) is 27.9 Å². The molecule has 4 nitrogen and oxygen atoms in total. The Kier molecular flexibility index (Phi) is 9.03. The number of nitrogens with two attached hydrogens (primary N) is 1. The van der Waals surface area contributed by atoms with Crippen LogP contribution in [0.25, 0.3) is 22.3 Å². The number of nitrogens with one attached hydrogen (secondary N) is 1. The first-order valence-corrected chi connectivity index (χ1v) is 15.9. The van der Waals surface area contributed by atoms with Crippen LogP contribution in [-0.4, -0.2) is 11.6 Å². The summed E-state index contributed by atoms with van der Waals surface area (Å²) < 4.78 is 1.03. The molecule has 3 N–H and O–H groups in total. The molecule has 6 aromatic carbocycles. The minimum atomic E-state index is 0.0563. The van der Waals surface area contributed by atoms with Gasteiger partial charge < -0.3 is 11.1 Å². The van der Waals surface area contributed by atoms with Crippen molar-refractivity contribution in [3.63, 3.8) is 0 Å². The van der Waals surface area contributed by atoms with Crippen molar-refractivity contribution < 1.29 is 9.59 Å². The Balaban J connectivity index is 0.000000134. The Bertz CT molecular complexity index is 2070. The summed E-state index contributed by atoms with van der Waals surface area (Å²) in [6, 6.07) is 42.1. The van der Waals surface area contributed by atoms with Gasteiger partial charge in [-0.3, -0.25) is 9.59 Å². The van der Waals surface area contributed by atoms with E-state index >= 15 is 0 Å². The summed E-state index contributed by atoms with van der Waals surface area (Å²) in [4.78, 5) is 24.8. The van der Waals surface area contributed by atoms with Gasteiger partial charge in [0.1, 0.15) is 0 Å². The number of fused-ring (bicyclic) bond motifs is 6. The zero-order valence-electron chi connectivity index (χ0n) is 23.7. The highest BCUT2D eigenvalue weighted by molar-refractivity contribution is 14.1. The van der Waals surface area contributed by atoms with E-state index in [0.717, 1.165) is 53.9 Å². The van der Waals surface area contributed by atoms with Crippen molar-refractivity contribution in [2.75, 3.05) is 11.1 Å². The Morgan fingerprint density at radius 3 is 1.49 bits per heavy atom. The predicted molar refractivity (Wildman–Crippen MR) is 194 cm³/mol. The van der Waals surface area contributed by atoms with E-state index in [1.54, 1.807) is 12.1 Å². The molecule has 0 unspecified atom stereocenters. The lowest BCUT2D eigenvalue weighted by atomic mass is 10.0. The Morgan fingerprint density at radius 2 is 0.911 bits per heavy atom. The van der Waals surface area contributed by atoms with Gasteiger partial charge in [-0.15, -0.1) is 0 Å². The molecule has 45 heavy (non-hydrogen) atoms. The van der Waals surface area contributed by atoms with Gasteiger partial charge in [0.25, 0.3) is 0 Å². The fourth-order valence-corrected chi connectivity index (χ4v) is 6.45. The van der Waals surface area contributed by atoms with Gasteiger partial charge in [-0.1, -0.05) is 120 Å². The fourth-order valence-electron chi connectivity index (χ4n) is 5.39. The minimum absolute atomic E-state index is 0.0563. The summed E-state index contributed by atoms with van der Waals surface area (Å²) in [6.07, 6.45) is 0. The van der Waals surface area contributed by atoms with Crippen molar-refractivity contribution in [3.05, 3.63) is 169 Å². The summed E-state index contributed by atoms with van der Waals surface area (Å²) in [5, 5.41) is 4.53. The van der Waals surface area contributed by atoms with E-state index in [0.29, 0.717) is 21.3 Å². The third-order valence-corrected chi connectivity index (χ3v) is 9.08. The first-order chi connectivity index (χ1) is 21.8. The maximum Gasteiger partial charge on any atom is 0.196 e. The van der Waals surface area contributed by atoms with Crippen LogP contribution in [0.2, 0.25) is 10.0 Å². The van der Waals surface area contributed by atoms with Gasteiger partial charge in [0, 0.05) is 20.3 Å². The summed E-state index contributed by atoms with van der Waals surface area (Å²) in [6.45, 7) is 0. The van der Waals surface area contributed by atoms with E-state index in [1.807, 2.05) is 121 Å². The van der Waals surface area contributed by atoms with E-state index in [9.17, 15) is 9.59 Å². The van der Waals surface area contributed by atoms with Crippen molar-refractivity contribution in [3.8, 4) is 22.3 Å². The van der Waals surface area contributed by atoms with Gasteiger partial charge in [-0.2, -0.15) is 0 Å². The van der Waals surface area contributed by atoms with Crippen LogP contribution in [0.5, 0.6) is 0 Å². The molecule has 7 heteroatoms. The van der Waals surface area contributed by atoms with Gasteiger partial charge >= 0.3 is 0 Å². The van der Waals surface area contributed by atoms with Crippen LogP contribution in [0.3, 0.4) is 0 Å². The summed E-state index contributed by atoms with van der Waals surface area (Å²) >= 11 is 14.0. The van der Waals surface area contributed by atoms with Gasteiger partial charge in [0.2, 0.25) is 0 Å². The van der Waals surface area contributed by atoms with Crippen molar-refractivity contribution in [2.24, 2.45) is 0 Å². The largest absolute Gasteiger partial charge is 0.398 e. The highest BCUT2D eigenvalue weighted by Crippen LogP contribution is 2.41. The Labute approximate surface area is 285 Å². The van der Waals surface area contributed by atoms with E-state index in [4.69, 9.17) is 28.9 Å². The molecule has 0 aromatic heterocycles. The highest BCUT2D eigenvalue weighted by Gasteiger charge is 2.29. The molecule has 2 aliphatic rings. The predicted octanol–water partition coefficient (Wildman–Crippen LogP) is 10.7. The van der Waals surface area contributed by atoms with Crippen LogP contribution in [0, 0.1) is 3.57 Å². The highest BCUT2D eigenvalue weighted by atomic mass is 127. The Morgan fingerprint density at radius 1 is 0.467 bits per heavy atom. The number of nitrogen functional groups attached to an aromatic ring is 1. The number of carbonyl (C=O) groups is 2. The molecular weight excluding hydrogens is 714 g/mol. The van der Waals surface area contributed by atoms with Gasteiger partial charge in [0.15, 0.2) is 11.6 Å². The van der Waals surface area contributed by atoms with Crippen molar-refractivity contribution in [1.82, 2.24) is 0 Å². The number of ketones is 2. The molecule has 8 rings (SSSR count). The third kappa shape index (κ3) is 6.12. The zero-order valence-corrected chi connectivity index (χ0v) is 27.4. The van der Waals surface area contributed by atoms with Gasteiger partial charge in [-0.05, 0) is 81.2 Å². The van der Waals surface area contributed by atoms with Crippen molar-refractivity contribution >= 4 is 74.4 Å². The van der Waals surface area contributed by atoms with E-state index in [1.165, 1.54) is 0 Å². The van der Waals surface area contributed by atoms with Crippen LogP contribution in [-0.2, 0) is 0 Å². The molecule has 0 fully saturated rings. The average Bonchev–Trinajstić information content (AvgIpc) is 3.53. The second kappa shape index (κ2) is 13.3. The zero-order chi connectivity index (χ0) is 31.5. The van der Waals surface area contributed by atoms with Crippen molar-refractivity contribution in [1.29, 1.82) is 0 Å². The topological polar surface area (TPSA) is 72.2 Å². The molecular formula is C38H25Cl2IN2O2. The lowest BCUT2D eigenvalue weighted by Crippen LogP contribution is -2.01. The number of benzene rings is 6. The van der Waals surface area contributed by atoms with Gasteiger partial charge in [0.05, 0.1) is 32.7 Å². The summed E-state index contributed by atoms with van der Waals surface area (Å²) in [7, 11) is 0. The number of hydrogen-bond donors (Lipinski definition) is 2. The van der Waals surface area contributed by atoms with Gasteiger partial charge in [-0.25, -0.2) is 0 Å². The molecule has 0 radical (unpaired) electrons. The first-order valence-electron chi connectivity index (χ1n) is 14.1. The Hall–Kier alpha value is -4.43. The number of carbonyl (C=O) groups excluding carboxylic acids is 2. The smallest absolute Gasteiger partial charge is 0.196 e. The number of para-hydroxylation sites is 2.